The lowest BCUT2D eigenvalue weighted by Gasteiger charge is -1.98. The van der Waals surface area contributed by atoms with E-state index in [-0.39, 0.29) is 17.5 Å². The largest absolute Gasteiger partial charge is 0.402 e. The van der Waals surface area contributed by atoms with E-state index in [0.29, 0.717) is 21.8 Å². The van der Waals surface area contributed by atoms with E-state index in [4.69, 9.17) is 16.3 Å². The molecule has 0 amide bonds. The molecule has 0 aliphatic carbocycles. The fraction of sp³-hybridized carbons (Fsp3) is 0.0476. The number of hydrogen-bond acceptors (Lipinski definition) is 5. The van der Waals surface area contributed by atoms with Crippen LogP contribution in [0.1, 0.15) is 22.8 Å². The van der Waals surface area contributed by atoms with Crippen LogP contribution in [0, 0.1) is 0 Å². The number of cyclic esters (lactones) is 1. The average Bonchev–Trinajstić information content (AvgIpc) is 3.28. The monoisotopic (exact) mass is 391 g/mol. The van der Waals surface area contributed by atoms with Crippen molar-refractivity contribution in [1.29, 1.82) is 0 Å². The van der Waals surface area contributed by atoms with Crippen LogP contribution in [0.25, 0.3) is 17.3 Å². The van der Waals surface area contributed by atoms with Gasteiger partial charge in [0.05, 0.1) is 0 Å². The van der Waals surface area contributed by atoms with Crippen LogP contribution in [0.5, 0.6) is 0 Å². The number of esters is 1. The number of benzene rings is 2. The van der Waals surface area contributed by atoms with Crippen LogP contribution in [-0.2, 0) is 9.53 Å². The first-order chi connectivity index (χ1) is 13.5. The summed E-state index contributed by atoms with van der Waals surface area (Å²) < 4.78 is 6.51. The lowest BCUT2D eigenvalue weighted by molar-refractivity contribution is -0.129. The molecule has 0 saturated heterocycles. The van der Waals surface area contributed by atoms with Crippen molar-refractivity contribution in [2.45, 2.75) is 6.92 Å². The molecule has 0 fully saturated rings. The van der Waals surface area contributed by atoms with Crippen molar-refractivity contribution in [2.24, 2.45) is 4.99 Å². The molecular weight excluding hydrogens is 378 g/mol. The molecule has 1 aliphatic rings. The van der Waals surface area contributed by atoms with E-state index in [1.165, 1.54) is 11.6 Å². The van der Waals surface area contributed by atoms with Gasteiger partial charge >= 0.3 is 5.97 Å². The van der Waals surface area contributed by atoms with Crippen LogP contribution in [0.15, 0.2) is 71.5 Å². The summed E-state index contributed by atoms with van der Waals surface area (Å²) in [5.41, 5.74) is 2.76. The van der Waals surface area contributed by atoms with Gasteiger partial charge in [-0.15, -0.1) is 0 Å². The second kappa shape index (κ2) is 7.25. The minimum absolute atomic E-state index is 0.130. The van der Waals surface area contributed by atoms with Crippen LogP contribution in [0.4, 0.5) is 0 Å². The summed E-state index contributed by atoms with van der Waals surface area (Å²) in [5.74, 6) is -0.603. The van der Waals surface area contributed by atoms with E-state index < -0.39 is 5.97 Å². The first-order valence-electron chi connectivity index (χ1n) is 8.46. The summed E-state index contributed by atoms with van der Waals surface area (Å²) in [6, 6.07) is 16.2. The highest BCUT2D eigenvalue weighted by Crippen LogP contribution is 2.26. The molecule has 0 radical (unpaired) electrons. The number of carbonyl (C=O) groups excluding carboxylic acids is 2. The summed E-state index contributed by atoms with van der Waals surface area (Å²) in [6.07, 6.45) is 3.14. The van der Waals surface area contributed by atoms with Crippen LogP contribution in [0.2, 0.25) is 5.02 Å². The molecule has 0 bridgehead atoms. The Labute approximate surface area is 165 Å². The average molecular weight is 392 g/mol. The molecule has 1 aliphatic heterocycles. The number of rotatable bonds is 3. The Balaban J connectivity index is 1.77. The van der Waals surface area contributed by atoms with Gasteiger partial charge in [-0.3, -0.25) is 4.79 Å². The highest BCUT2D eigenvalue weighted by Gasteiger charge is 2.25. The number of ether oxygens (including phenoxy) is 1. The molecule has 0 saturated carbocycles. The SMILES string of the molecule is CC(=O)n1cc(/C=C2/N=C(c3ccc(Cl)cc3)OC2=O)c(-c2ccccc2)n1. The number of hydrogen-bond donors (Lipinski definition) is 0. The maximum absolute atomic E-state index is 12.3. The molecule has 0 N–H and O–H groups in total. The molecule has 2 heterocycles. The predicted molar refractivity (Wildman–Crippen MR) is 106 cm³/mol. The predicted octanol–water partition coefficient (Wildman–Crippen LogP) is 4.21. The van der Waals surface area contributed by atoms with Crippen LogP contribution < -0.4 is 0 Å². The lowest BCUT2D eigenvalue weighted by atomic mass is 10.1. The van der Waals surface area contributed by atoms with E-state index >= 15 is 0 Å². The second-order valence-corrected chi connectivity index (χ2v) is 6.54. The topological polar surface area (TPSA) is 73.6 Å². The maximum Gasteiger partial charge on any atom is 0.363 e. The van der Waals surface area contributed by atoms with Gasteiger partial charge < -0.3 is 4.74 Å². The third-order valence-corrected chi connectivity index (χ3v) is 4.37. The second-order valence-electron chi connectivity index (χ2n) is 6.11. The van der Waals surface area contributed by atoms with Gasteiger partial charge in [0.15, 0.2) is 5.70 Å². The van der Waals surface area contributed by atoms with E-state index in [1.807, 2.05) is 30.3 Å². The van der Waals surface area contributed by atoms with E-state index in [0.717, 1.165) is 5.56 Å². The summed E-state index contributed by atoms with van der Waals surface area (Å²) in [4.78, 5) is 28.3. The van der Waals surface area contributed by atoms with Crippen molar-refractivity contribution in [3.63, 3.8) is 0 Å². The Morgan fingerprint density at radius 1 is 1.07 bits per heavy atom. The van der Waals surface area contributed by atoms with Gasteiger partial charge in [0.25, 0.3) is 0 Å². The van der Waals surface area contributed by atoms with Crippen molar-refractivity contribution in [2.75, 3.05) is 0 Å². The summed E-state index contributed by atoms with van der Waals surface area (Å²) in [6.45, 7) is 1.42. The van der Waals surface area contributed by atoms with Crippen molar-refractivity contribution < 1.29 is 14.3 Å². The molecule has 6 nitrogen and oxygen atoms in total. The van der Waals surface area contributed by atoms with Crippen molar-refractivity contribution >= 4 is 35.5 Å². The Bertz CT molecular complexity index is 1130. The standard InChI is InChI=1S/C21H14ClN3O3/c1-13(26)25-12-16(19(24-25)14-5-3-2-4-6-14)11-18-21(27)28-20(23-18)15-7-9-17(22)10-8-15/h2-12H,1H3/b18-11+. The summed E-state index contributed by atoms with van der Waals surface area (Å²) in [7, 11) is 0. The van der Waals surface area contributed by atoms with Gasteiger partial charge in [0, 0.05) is 34.8 Å². The van der Waals surface area contributed by atoms with Gasteiger partial charge in [-0.25, -0.2) is 14.5 Å². The van der Waals surface area contributed by atoms with Gasteiger partial charge in [-0.05, 0) is 30.3 Å². The number of nitrogens with zero attached hydrogens (tertiary/aromatic N) is 3. The van der Waals surface area contributed by atoms with Crippen molar-refractivity contribution in [1.82, 2.24) is 9.78 Å². The molecule has 138 valence electrons. The molecule has 0 unspecified atom stereocenters. The number of aliphatic imine (C=N–C) groups is 1. The molecule has 28 heavy (non-hydrogen) atoms. The minimum atomic E-state index is -0.570. The van der Waals surface area contributed by atoms with Crippen LogP contribution in [-0.4, -0.2) is 27.6 Å². The van der Waals surface area contributed by atoms with Crippen LogP contribution >= 0.6 is 11.6 Å². The smallest absolute Gasteiger partial charge is 0.363 e. The summed E-state index contributed by atoms with van der Waals surface area (Å²) >= 11 is 5.89. The molecule has 0 atom stereocenters. The first-order valence-corrected chi connectivity index (χ1v) is 8.83. The molecule has 2 aromatic carbocycles. The molecule has 4 rings (SSSR count). The van der Waals surface area contributed by atoms with Gasteiger partial charge in [-0.2, -0.15) is 5.10 Å². The highest BCUT2D eigenvalue weighted by atomic mass is 35.5. The normalized spacial score (nSPS) is 14.9. The van der Waals surface area contributed by atoms with Crippen molar-refractivity contribution in [3.8, 4) is 11.3 Å². The minimum Gasteiger partial charge on any atom is -0.402 e. The molecule has 1 aromatic heterocycles. The van der Waals surface area contributed by atoms with Gasteiger partial charge in [0.1, 0.15) is 5.69 Å². The zero-order chi connectivity index (χ0) is 19.7. The zero-order valence-corrected chi connectivity index (χ0v) is 15.6. The highest BCUT2D eigenvalue weighted by molar-refractivity contribution is 6.30. The molecule has 3 aromatic rings. The lowest BCUT2D eigenvalue weighted by Crippen LogP contribution is -2.05. The first kappa shape index (κ1) is 17.9. The molecule has 7 heteroatoms. The van der Waals surface area contributed by atoms with Gasteiger partial charge in [0.2, 0.25) is 11.8 Å². The fourth-order valence-electron chi connectivity index (χ4n) is 2.75. The Kier molecular flexibility index (Phi) is 4.63. The molecule has 0 spiro atoms. The number of carbonyl (C=O) groups is 2. The molecular formula is C21H14ClN3O3. The number of halogens is 1. The number of aromatic nitrogens is 2. The van der Waals surface area contributed by atoms with E-state index in [9.17, 15) is 9.59 Å². The third-order valence-electron chi connectivity index (χ3n) is 4.12. The Hall–Kier alpha value is -3.51. The third kappa shape index (κ3) is 3.50. The van der Waals surface area contributed by atoms with Crippen LogP contribution in [0.3, 0.4) is 0 Å². The zero-order valence-electron chi connectivity index (χ0n) is 14.8. The van der Waals surface area contributed by atoms with E-state index in [1.54, 1.807) is 36.5 Å². The van der Waals surface area contributed by atoms with Gasteiger partial charge in [-0.1, -0.05) is 41.9 Å². The summed E-state index contributed by atoms with van der Waals surface area (Å²) in [5, 5.41) is 4.92. The van der Waals surface area contributed by atoms with E-state index in [2.05, 4.69) is 10.1 Å². The van der Waals surface area contributed by atoms with Crippen molar-refractivity contribution in [3.05, 3.63) is 82.6 Å². The Morgan fingerprint density at radius 3 is 2.46 bits per heavy atom. The fourth-order valence-corrected chi connectivity index (χ4v) is 2.87. The maximum atomic E-state index is 12.3. The Morgan fingerprint density at radius 2 is 1.79 bits per heavy atom. The quantitative estimate of drug-likeness (QED) is 0.495.